The van der Waals surface area contributed by atoms with Crippen LogP contribution in [0.2, 0.25) is 0 Å². The predicted octanol–water partition coefficient (Wildman–Crippen LogP) is 1.02. The minimum atomic E-state index is 0.560. The van der Waals surface area contributed by atoms with E-state index in [-0.39, 0.29) is 0 Å². The quantitative estimate of drug-likeness (QED) is 0.739. The third-order valence-corrected chi connectivity index (χ3v) is 3.27. The van der Waals surface area contributed by atoms with Crippen molar-refractivity contribution in [2.75, 3.05) is 32.9 Å². The van der Waals surface area contributed by atoms with Crippen molar-refractivity contribution in [3.05, 3.63) is 0 Å². The molecule has 0 aromatic carbocycles. The third kappa shape index (κ3) is 4.00. The topological polar surface area (TPSA) is 27.6 Å². The summed E-state index contributed by atoms with van der Waals surface area (Å²) in [5, 5.41) is 4.50. The highest BCUT2D eigenvalue weighted by atomic mass is 32.2. The number of aliphatic imine (C=N–C) groups is 1. The van der Waals surface area contributed by atoms with Crippen LogP contribution in [-0.4, -0.2) is 49.0 Å². The van der Waals surface area contributed by atoms with E-state index in [0.717, 1.165) is 18.3 Å². The summed E-state index contributed by atoms with van der Waals surface area (Å²) in [5.41, 5.74) is 0. The number of hydrogen-bond donors (Lipinski definition) is 1. The Morgan fingerprint density at radius 3 is 2.92 bits per heavy atom. The zero-order chi connectivity index (χ0) is 9.68. The highest BCUT2D eigenvalue weighted by Crippen LogP contribution is 2.09. The molecule has 0 radical (unpaired) electrons. The van der Waals surface area contributed by atoms with Crippen LogP contribution in [0.15, 0.2) is 4.99 Å². The lowest BCUT2D eigenvalue weighted by molar-refractivity contribution is 0.313. The fourth-order valence-corrected chi connectivity index (χ4v) is 1.82. The summed E-state index contributed by atoms with van der Waals surface area (Å²) in [4.78, 5) is 6.62. The lowest BCUT2D eigenvalue weighted by atomic mass is 10.3. The van der Waals surface area contributed by atoms with Gasteiger partial charge < -0.3 is 10.2 Å². The van der Waals surface area contributed by atoms with E-state index in [4.69, 9.17) is 0 Å². The Bertz CT molecular complexity index is 180. The van der Waals surface area contributed by atoms with Crippen molar-refractivity contribution in [1.29, 1.82) is 0 Å². The van der Waals surface area contributed by atoms with Crippen LogP contribution in [0.1, 0.15) is 13.3 Å². The molecular formula is C9H19N3S. The summed E-state index contributed by atoms with van der Waals surface area (Å²) in [7, 11) is 4.20. The van der Waals surface area contributed by atoms with E-state index in [1.165, 1.54) is 12.2 Å². The second-order valence-electron chi connectivity index (χ2n) is 3.58. The molecule has 1 N–H and O–H groups in total. The van der Waals surface area contributed by atoms with Crippen LogP contribution in [0.25, 0.3) is 0 Å². The Morgan fingerprint density at radius 2 is 2.38 bits per heavy atom. The monoisotopic (exact) mass is 201 g/mol. The van der Waals surface area contributed by atoms with Crippen molar-refractivity contribution in [2.45, 2.75) is 19.4 Å². The fraction of sp³-hybridized carbons (Fsp3) is 0.889. The van der Waals surface area contributed by atoms with Gasteiger partial charge in [0.25, 0.3) is 0 Å². The highest BCUT2D eigenvalue weighted by Gasteiger charge is 2.08. The standard InChI is InChI=1S/C9H19N3S/c1-8(12(2)3)7-11-9-10-5-4-6-13-9/h8H,4-7H2,1-3H3,(H,10,11). The first-order valence-corrected chi connectivity index (χ1v) is 5.76. The van der Waals surface area contributed by atoms with Crippen molar-refractivity contribution in [3.63, 3.8) is 0 Å². The van der Waals surface area contributed by atoms with Crippen LogP contribution in [-0.2, 0) is 0 Å². The van der Waals surface area contributed by atoms with E-state index in [1.54, 1.807) is 0 Å². The third-order valence-electron chi connectivity index (χ3n) is 2.23. The van der Waals surface area contributed by atoms with Gasteiger partial charge in [-0.3, -0.25) is 4.99 Å². The smallest absolute Gasteiger partial charge is 0.156 e. The summed E-state index contributed by atoms with van der Waals surface area (Å²) >= 11 is 1.84. The molecule has 1 aliphatic heterocycles. The lowest BCUT2D eigenvalue weighted by Crippen LogP contribution is -2.38. The Morgan fingerprint density at radius 1 is 1.62 bits per heavy atom. The van der Waals surface area contributed by atoms with Crippen molar-refractivity contribution >= 4 is 16.9 Å². The Labute approximate surface area is 85.0 Å². The number of amidine groups is 1. The molecule has 13 heavy (non-hydrogen) atoms. The number of rotatable bonds is 3. The summed E-state index contributed by atoms with van der Waals surface area (Å²) in [6.07, 6.45) is 1.22. The van der Waals surface area contributed by atoms with E-state index >= 15 is 0 Å². The average Bonchev–Trinajstić information content (AvgIpc) is 2.15. The van der Waals surface area contributed by atoms with Gasteiger partial charge in [-0.15, -0.1) is 0 Å². The first-order valence-electron chi connectivity index (χ1n) is 4.77. The van der Waals surface area contributed by atoms with Crippen LogP contribution >= 0.6 is 11.8 Å². The molecule has 0 aliphatic carbocycles. The maximum atomic E-state index is 4.41. The van der Waals surface area contributed by atoms with Crippen molar-refractivity contribution in [3.8, 4) is 0 Å². The molecule has 0 bridgehead atoms. The van der Waals surface area contributed by atoms with Crippen molar-refractivity contribution in [1.82, 2.24) is 10.2 Å². The van der Waals surface area contributed by atoms with Gasteiger partial charge in [0, 0.05) is 24.9 Å². The van der Waals surface area contributed by atoms with Gasteiger partial charge >= 0.3 is 0 Å². The largest absolute Gasteiger partial charge is 0.363 e. The minimum Gasteiger partial charge on any atom is -0.363 e. The molecule has 0 aromatic heterocycles. The molecule has 76 valence electrons. The molecule has 0 aromatic rings. The Kier molecular flexibility index (Phi) is 4.59. The number of hydrogen-bond acceptors (Lipinski definition) is 4. The second-order valence-corrected chi connectivity index (χ2v) is 4.67. The van der Waals surface area contributed by atoms with Crippen molar-refractivity contribution in [2.24, 2.45) is 4.99 Å². The van der Waals surface area contributed by atoms with Crippen LogP contribution in [0.4, 0.5) is 0 Å². The SMILES string of the molecule is CC(CNC1=NCCCS1)N(C)C. The fourth-order valence-electron chi connectivity index (χ4n) is 0.984. The molecule has 0 saturated heterocycles. The second kappa shape index (κ2) is 5.50. The van der Waals surface area contributed by atoms with Crippen molar-refractivity contribution < 1.29 is 0 Å². The first kappa shape index (κ1) is 10.9. The number of nitrogens with zero attached hydrogens (tertiary/aromatic N) is 2. The van der Waals surface area contributed by atoms with Gasteiger partial charge in [0.15, 0.2) is 5.17 Å². The molecular weight excluding hydrogens is 182 g/mol. The molecule has 1 unspecified atom stereocenters. The van der Waals surface area contributed by atoms with E-state index in [9.17, 15) is 0 Å². The van der Waals surface area contributed by atoms with Crippen LogP contribution in [0.5, 0.6) is 0 Å². The molecule has 1 aliphatic rings. The number of likely N-dealkylation sites (N-methyl/N-ethyl adjacent to an activating group) is 1. The van der Waals surface area contributed by atoms with E-state index in [1.807, 2.05) is 11.8 Å². The molecule has 1 heterocycles. The van der Waals surface area contributed by atoms with Gasteiger partial charge in [-0.1, -0.05) is 11.8 Å². The molecule has 1 rings (SSSR count). The zero-order valence-electron chi connectivity index (χ0n) is 8.71. The summed E-state index contributed by atoms with van der Waals surface area (Å²) in [6, 6.07) is 0.560. The van der Waals surface area contributed by atoms with Gasteiger partial charge in [-0.05, 0) is 27.4 Å². The van der Waals surface area contributed by atoms with Crippen LogP contribution < -0.4 is 5.32 Å². The lowest BCUT2D eigenvalue weighted by Gasteiger charge is -2.21. The molecule has 3 nitrogen and oxygen atoms in total. The first-order chi connectivity index (χ1) is 6.20. The number of nitrogens with one attached hydrogen (secondary N) is 1. The average molecular weight is 201 g/mol. The normalized spacial score (nSPS) is 19.8. The highest BCUT2D eigenvalue weighted by molar-refractivity contribution is 8.13. The molecule has 4 heteroatoms. The minimum absolute atomic E-state index is 0.560. The molecule has 1 atom stereocenters. The summed E-state index contributed by atoms with van der Waals surface area (Å²) in [5.74, 6) is 1.21. The Hall–Kier alpha value is -0.220. The van der Waals surface area contributed by atoms with E-state index < -0.39 is 0 Å². The van der Waals surface area contributed by atoms with Gasteiger partial charge in [0.05, 0.1) is 0 Å². The van der Waals surface area contributed by atoms with Crippen LogP contribution in [0, 0.1) is 0 Å². The number of thioether (sulfide) groups is 1. The molecule has 0 spiro atoms. The van der Waals surface area contributed by atoms with Gasteiger partial charge in [0.2, 0.25) is 0 Å². The molecule has 0 fully saturated rings. The van der Waals surface area contributed by atoms with E-state index in [2.05, 4.69) is 36.2 Å². The van der Waals surface area contributed by atoms with Crippen LogP contribution in [0.3, 0.4) is 0 Å². The molecule has 0 saturated carbocycles. The maximum absolute atomic E-state index is 4.41. The van der Waals surface area contributed by atoms with E-state index in [0.29, 0.717) is 6.04 Å². The van der Waals surface area contributed by atoms with Gasteiger partial charge in [-0.25, -0.2) is 0 Å². The zero-order valence-corrected chi connectivity index (χ0v) is 9.52. The Balaban J connectivity index is 2.21. The summed E-state index contributed by atoms with van der Waals surface area (Å²) in [6.45, 7) is 4.19. The molecule has 0 amide bonds. The van der Waals surface area contributed by atoms with Gasteiger partial charge in [0.1, 0.15) is 0 Å². The van der Waals surface area contributed by atoms with Gasteiger partial charge in [-0.2, -0.15) is 0 Å². The summed E-state index contributed by atoms with van der Waals surface area (Å²) < 4.78 is 0. The predicted molar refractivity (Wildman–Crippen MR) is 60.5 cm³/mol. The maximum Gasteiger partial charge on any atom is 0.156 e.